The minimum absolute atomic E-state index is 0.802. The molecule has 0 unspecified atom stereocenters. The van der Waals surface area contributed by atoms with Gasteiger partial charge in [-0.3, -0.25) is 4.40 Å². The van der Waals surface area contributed by atoms with Crippen LogP contribution in [0.3, 0.4) is 0 Å². The molecule has 3 heterocycles. The quantitative estimate of drug-likeness (QED) is 0.722. The maximum absolute atomic E-state index is 5.39. The molecule has 5 nitrogen and oxygen atoms in total. The number of aromatic nitrogens is 3. The standard InChI is InChI=1S/C16H16N4O/c1-2-8-20-15(3-1)17-18-16(20)13-4-6-14(7-5-13)19-9-11-21-12-10-19/h1-8H,9-12H2. The highest BCUT2D eigenvalue weighted by molar-refractivity contribution is 5.63. The average molecular weight is 280 g/mol. The number of hydrogen-bond donors (Lipinski definition) is 0. The summed E-state index contributed by atoms with van der Waals surface area (Å²) in [6, 6.07) is 14.4. The SMILES string of the molecule is c1ccn2c(-c3ccc(N4CCOCC4)cc3)nnc2c1. The molecule has 0 bridgehead atoms. The summed E-state index contributed by atoms with van der Waals surface area (Å²) in [4.78, 5) is 2.34. The molecule has 0 atom stereocenters. The summed E-state index contributed by atoms with van der Waals surface area (Å²) >= 11 is 0. The van der Waals surface area contributed by atoms with Crippen molar-refractivity contribution in [3.63, 3.8) is 0 Å². The van der Waals surface area contributed by atoms with Crippen LogP contribution in [0.2, 0.25) is 0 Å². The first-order valence-corrected chi connectivity index (χ1v) is 7.15. The fourth-order valence-corrected chi connectivity index (χ4v) is 2.68. The number of hydrogen-bond acceptors (Lipinski definition) is 4. The van der Waals surface area contributed by atoms with E-state index < -0.39 is 0 Å². The smallest absolute Gasteiger partial charge is 0.168 e. The van der Waals surface area contributed by atoms with E-state index in [1.165, 1.54) is 5.69 Å². The van der Waals surface area contributed by atoms with Gasteiger partial charge in [0.2, 0.25) is 0 Å². The van der Waals surface area contributed by atoms with Crippen LogP contribution in [0, 0.1) is 0 Å². The van der Waals surface area contributed by atoms with Crippen molar-refractivity contribution in [2.75, 3.05) is 31.2 Å². The minimum atomic E-state index is 0.802. The normalized spacial score (nSPS) is 15.5. The molecule has 0 spiro atoms. The van der Waals surface area contributed by atoms with Crippen molar-refractivity contribution in [3.05, 3.63) is 48.7 Å². The van der Waals surface area contributed by atoms with E-state index in [0.717, 1.165) is 43.3 Å². The average Bonchev–Trinajstić information content (AvgIpc) is 3.00. The third kappa shape index (κ3) is 2.25. The van der Waals surface area contributed by atoms with E-state index in [2.05, 4.69) is 39.4 Å². The maximum atomic E-state index is 5.39. The fraction of sp³-hybridized carbons (Fsp3) is 0.250. The van der Waals surface area contributed by atoms with Crippen molar-refractivity contribution in [2.24, 2.45) is 0 Å². The molecular weight excluding hydrogens is 264 g/mol. The molecule has 5 heteroatoms. The van der Waals surface area contributed by atoms with Crippen LogP contribution in [-0.2, 0) is 4.74 Å². The van der Waals surface area contributed by atoms with Gasteiger partial charge in [0, 0.05) is 30.5 Å². The van der Waals surface area contributed by atoms with E-state index in [4.69, 9.17) is 4.74 Å². The highest BCUT2D eigenvalue weighted by Crippen LogP contribution is 2.23. The molecule has 1 aliphatic rings. The van der Waals surface area contributed by atoms with Crippen LogP contribution < -0.4 is 4.90 Å². The summed E-state index contributed by atoms with van der Waals surface area (Å²) in [6.45, 7) is 3.51. The zero-order valence-electron chi connectivity index (χ0n) is 11.6. The van der Waals surface area contributed by atoms with E-state index in [1.54, 1.807) is 0 Å². The van der Waals surface area contributed by atoms with E-state index in [9.17, 15) is 0 Å². The summed E-state index contributed by atoms with van der Waals surface area (Å²) in [5, 5.41) is 8.48. The van der Waals surface area contributed by atoms with Crippen molar-refractivity contribution in [2.45, 2.75) is 0 Å². The fourth-order valence-electron chi connectivity index (χ4n) is 2.68. The Labute approximate surface area is 122 Å². The first-order valence-electron chi connectivity index (χ1n) is 7.15. The molecule has 0 aliphatic carbocycles. The van der Waals surface area contributed by atoms with Gasteiger partial charge in [-0.2, -0.15) is 0 Å². The van der Waals surface area contributed by atoms with E-state index in [-0.39, 0.29) is 0 Å². The number of pyridine rings is 1. The third-order valence-electron chi connectivity index (χ3n) is 3.82. The van der Waals surface area contributed by atoms with Crippen molar-refractivity contribution in [1.29, 1.82) is 0 Å². The molecule has 0 amide bonds. The van der Waals surface area contributed by atoms with E-state index >= 15 is 0 Å². The number of morpholine rings is 1. The second kappa shape index (κ2) is 5.18. The number of ether oxygens (including phenoxy) is 1. The van der Waals surface area contributed by atoms with Crippen LogP contribution >= 0.6 is 0 Å². The molecule has 1 saturated heterocycles. The Kier molecular flexibility index (Phi) is 3.05. The Morgan fingerprint density at radius 2 is 1.71 bits per heavy atom. The first kappa shape index (κ1) is 12.3. The van der Waals surface area contributed by atoms with Gasteiger partial charge < -0.3 is 9.64 Å². The zero-order chi connectivity index (χ0) is 14.1. The van der Waals surface area contributed by atoms with Gasteiger partial charge in [-0.1, -0.05) is 6.07 Å². The number of nitrogens with zero attached hydrogens (tertiary/aromatic N) is 4. The van der Waals surface area contributed by atoms with Gasteiger partial charge >= 0.3 is 0 Å². The predicted octanol–water partition coefficient (Wildman–Crippen LogP) is 2.23. The molecule has 3 aromatic rings. The zero-order valence-corrected chi connectivity index (χ0v) is 11.6. The number of fused-ring (bicyclic) bond motifs is 1. The molecule has 21 heavy (non-hydrogen) atoms. The van der Waals surface area contributed by atoms with Gasteiger partial charge in [0.15, 0.2) is 11.5 Å². The Morgan fingerprint density at radius 1 is 0.905 bits per heavy atom. The van der Waals surface area contributed by atoms with Crippen molar-refractivity contribution < 1.29 is 4.74 Å². The molecule has 106 valence electrons. The van der Waals surface area contributed by atoms with Crippen molar-refractivity contribution in [3.8, 4) is 11.4 Å². The van der Waals surface area contributed by atoms with Gasteiger partial charge in [-0.05, 0) is 36.4 Å². The lowest BCUT2D eigenvalue weighted by molar-refractivity contribution is 0.122. The van der Waals surface area contributed by atoms with E-state index in [1.807, 2.05) is 28.8 Å². The van der Waals surface area contributed by atoms with Crippen LogP contribution in [0.1, 0.15) is 0 Å². The van der Waals surface area contributed by atoms with Crippen molar-refractivity contribution >= 4 is 11.3 Å². The Morgan fingerprint density at radius 3 is 2.52 bits per heavy atom. The first-order chi connectivity index (χ1) is 10.4. The van der Waals surface area contributed by atoms with Crippen LogP contribution in [0.4, 0.5) is 5.69 Å². The number of rotatable bonds is 2. The second-order valence-electron chi connectivity index (χ2n) is 5.10. The van der Waals surface area contributed by atoms with Crippen LogP contribution in [0.15, 0.2) is 48.7 Å². The maximum Gasteiger partial charge on any atom is 0.168 e. The van der Waals surface area contributed by atoms with Crippen LogP contribution in [-0.4, -0.2) is 40.9 Å². The molecule has 1 aromatic carbocycles. The molecule has 0 N–H and O–H groups in total. The lowest BCUT2D eigenvalue weighted by atomic mass is 10.1. The van der Waals surface area contributed by atoms with Crippen LogP contribution in [0.25, 0.3) is 17.0 Å². The van der Waals surface area contributed by atoms with Crippen LogP contribution in [0.5, 0.6) is 0 Å². The van der Waals surface area contributed by atoms with Gasteiger partial charge in [-0.15, -0.1) is 10.2 Å². The van der Waals surface area contributed by atoms with Crippen molar-refractivity contribution in [1.82, 2.24) is 14.6 Å². The highest BCUT2D eigenvalue weighted by Gasteiger charge is 2.12. The van der Waals surface area contributed by atoms with Gasteiger partial charge in [0.05, 0.1) is 13.2 Å². The van der Waals surface area contributed by atoms with E-state index in [0.29, 0.717) is 0 Å². The molecule has 1 fully saturated rings. The topological polar surface area (TPSA) is 42.7 Å². The molecule has 2 aromatic heterocycles. The molecule has 0 saturated carbocycles. The van der Waals surface area contributed by atoms with Gasteiger partial charge in [0.1, 0.15) is 0 Å². The summed E-state index contributed by atoms with van der Waals surface area (Å²) < 4.78 is 7.39. The number of anilines is 1. The Balaban J connectivity index is 1.67. The molecule has 1 aliphatic heterocycles. The summed E-state index contributed by atoms with van der Waals surface area (Å²) in [6.07, 6.45) is 1.99. The predicted molar refractivity (Wildman–Crippen MR) is 81.5 cm³/mol. The molecular formula is C16H16N4O. The lowest BCUT2D eigenvalue weighted by Crippen LogP contribution is -2.36. The third-order valence-corrected chi connectivity index (χ3v) is 3.82. The summed E-state index contributed by atoms with van der Waals surface area (Å²) in [5.74, 6) is 0.874. The Bertz CT molecular complexity index is 744. The second-order valence-corrected chi connectivity index (χ2v) is 5.10. The molecule has 0 radical (unpaired) electrons. The van der Waals surface area contributed by atoms with Gasteiger partial charge in [0.25, 0.3) is 0 Å². The summed E-state index contributed by atoms with van der Waals surface area (Å²) in [5.41, 5.74) is 3.17. The lowest BCUT2D eigenvalue weighted by Gasteiger charge is -2.28. The molecule has 4 rings (SSSR count). The number of benzene rings is 1. The largest absolute Gasteiger partial charge is 0.378 e. The Hall–Kier alpha value is -2.40. The minimum Gasteiger partial charge on any atom is -0.378 e. The monoisotopic (exact) mass is 280 g/mol. The summed E-state index contributed by atoms with van der Waals surface area (Å²) in [7, 11) is 0. The highest BCUT2D eigenvalue weighted by atomic mass is 16.5. The van der Waals surface area contributed by atoms with Gasteiger partial charge in [-0.25, -0.2) is 0 Å².